The number of hydrogen-bond donors (Lipinski definition) is 3. The van der Waals surface area contributed by atoms with Gasteiger partial charge in [0.25, 0.3) is 0 Å². The number of carbonyl (C=O) groups is 2. The molecular formula is C8H12N2O3. The van der Waals surface area contributed by atoms with Crippen LogP contribution in [-0.4, -0.2) is 36.1 Å². The Bertz CT molecular complexity index is 266. The number of aliphatic carboxylic acids is 1. The first-order valence-electron chi connectivity index (χ1n) is 4.39. The first kappa shape index (κ1) is 8.50. The molecule has 72 valence electrons. The average molecular weight is 184 g/mol. The van der Waals surface area contributed by atoms with Crippen molar-refractivity contribution in [3.63, 3.8) is 0 Å². The highest BCUT2D eigenvalue weighted by Gasteiger charge is 2.53. The van der Waals surface area contributed by atoms with Gasteiger partial charge in [0.05, 0.1) is 11.5 Å². The van der Waals surface area contributed by atoms with Crippen LogP contribution < -0.4 is 10.6 Å². The average Bonchev–Trinajstić information content (AvgIpc) is 2.41. The van der Waals surface area contributed by atoms with E-state index in [0.29, 0.717) is 19.5 Å². The molecule has 0 aromatic heterocycles. The Balaban J connectivity index is 2.29. The SMILES string of the molecule is O=C1CC2(C(=O)O)CCNCC2N1. The maximum Gasteiger partial charge on any atom is 0.312 e. The molecule has 13 heavy (non-hydrogen) atoms. The van der Waals surface area contributed by atoms with Gasteiger partial charge in [-0.05, 0) is 13.0 Å². The van der Waals surface area contributed by atoms with Crippen LogP contribution in [0.2, 0.25) is 0 Å². The van der Waals surface area contributed by atoms with E-state index in [9.17, 15) is 9.59 Å². The summed E-state index contributed by atoms with van der Waals surface area (Å²) in [5.41, 5.74) is -0.845. The molecule has 2 aliphatic heterocycles. The van der Waals surface area contributed by atoms with Crippen molar-refractivity contribution in [1.29, 1.82) is 0 Å². The van der Waals surface area contributed by atoms with E-state index < -0.39 is 11.4 Å². The third kappa shape index (κ3) is 1.11. The van der Waals surface area contributed by atoms with Gasteiger partial charge in [-0.2, -0.15) is 0 Å². The van der Waals surface area contributed by atoms with Crippen molar-refractivity contribution in [3.8, 4) is 0 Å². The largest absolute Gasteiger partial charge is 0.481 e. The smallest absolute Gasteiger partial charge is 0.312 e. The lowest BCUT2D eigenvalue weighted by Gasteiger charge is -2.34. The van der Waals surface area contributed by atoms with Gasteiger partial charge in [-0.3, -0.25) is 9.59 Å². The van der Waals surface area contributed by atoms with E-state index in [0.717, 1.165) is 0 Å². The van der Waals surface area contributed by atoms with E-state index in [4.69, 9.17) is 5.11 Å². The Labute approximate surface area is 75.5 Å². The van der Waals surface area contributed by atoms with E-state index in [1.807, 2.05) is 0 Å². The normalized spacial score (nSPS) is 38.2. The standard InChI is InChI=1S/C8H12N2O3/c11-6-3-8(7(12)13)1-2-9-4-5(8)10-6/h5,9H,1-4H2,(H,10,11)(H,12,13). The minimum Gasteiger partial charge on any atom is -0.481 e. The minimum atomic E-state index is -0.850. The third-order valence-corrected chi connectivity index (χ3v) is 3.00. The molecule has 0 aromatic carbocycles. The van der Waals surface area contributed by atoms with Crippen LogP contribution in [-0.2, 0) is 9.59 Å². The zero-order chi connectivity index (χ0) is 9.47. The zero-order valence-electron chi connectivity index (χ0n) is 7.17. The molecule has 2 unspecified atom stereocenters. The summed E-state index contributed by atoms with van der Waals surface area (Å²) in [6.45, 7) is 1.25. The van der Waals surface area contributed by atoms with E-state index in [-0.39, 0.29) is 18.4 Å². The first-order valence-corrected chi connectivity index (χ1v) is 4.39. The lowest BCUT2D eigenvalue weighted by Crippen LogP contribution is -2.54. The number of hydrogen-bond acceptors (Lipinski definition) is 3. The third-order valence-electron chi connectivity index (χ3n) is 3.00. The number of rotatable bonds is 1. The van der Waals surface area contributed by atoms with Crippen LogP contribution in [0.5, 0.6) is 0 Å². The number of carboxylic acid groups (broad SMARTS) is 1. The van der Waals surface area contributed by atoms with Crippen molar-refractivity contribution < 1.29 is 14.7 Å². The molecule has 2 saturated heterocycles. The predicted octanol–water partition coefficient (Wildman–Crippen LogP) is -1.06. The maximum absolute atomic E-state index is 11.1. The van der Waals surface area contributed by atoms with Crippen LogP contribution >= 0.6 is 0 Å². The molecule has 5 heteroatoms. The predicted molar refractivity (Wildman–Crippen MR) is 44.1 cm³/mol. The molecule has 5 nitrogen and oxygen atoms in total. The molecule has 2 atom stereocenters. The molecule has 2 fully saturated rings. The molecule has 0 aromatic rings. The van der Waals surface area contributed by atoms with E-state index in [1.54, 1.807) is 0 Å². The Morgan fingerprint density at radius 3 is 3.00 bits per heavy atom. The highest BCUT2D eigenvalue weighted by atomic mass is 16.4. The fraction of sp³-hybridized carbons (Fsp3) is 0.750. The highest BCUT2D eigenvalue weighted by molar-refractivity contribution is 5.90. The Hall–Kier alpha value is -1.10. The number of nitrogens with one attached hydrogen (secondary N) is 2. The van der Waals surface area contributed by atoms with Crippen molar-refractivity contribution in [2.45, 2.75) is 18.9 Å². The molecule has 1 amide bonds. The van der Waals surface area contributed by atoms with Gasteiger partial charge in [0, 0.05) is 13.0 Å². The topological polar surface area (TPSA) is 78.4 Å². The van der Waals surface area contributed by atoms with Crippen LogP contribution in [0, 0.1) is 5.41 Å². The number of amides is 1. The van der Waals surface area contributed by atoms with Gasteiger partial charge in [-0.25, -0.2) is 0 Å². The van der Waals surface area contributed by atoms with Gasteiger partial charge in [0.2, 0.25) is 5.91 Å². The first-order chi connectivity index (χ1) is 6.15. The summed E-state index contributed by atoms with van der Waals surface area (Å²) in [6, 6.07) is -0.230. The summed E-state index contributed by atoms with van der Waals surface area (Å²) in [4.78, 5) is 22.2. The van der Waals surface area contributed by atoms with Gasteiger partial charge >= 0.3 is 5.97 Å². The van der Waals surface area contributed by atoms with Crippen molar-refractivity contribution in [2.24, 2.45) is 5.41 Å². The quantitative estimate of drug-likeness (QED) is 0.485. The fourth-order valence-corrected chi connectivity index (χ4v) is 2.19. The van der Waals surface area contributed by atoms with Crippen molar-refractivity contribution in [1.82, 2.24) is 10.6 Å². The molecule has 0 saturated carbocycles. The van der Waals surface area contributed by atoms with Crippen LogP contribution in [0.4, 0.5) is 0 Å². The minimum absolute atomic E-state index is 0.134. The molecule has 0 bridgehead atoms. The van der Waals surface area contributed by atoms with Gasteiger partial charge < -0.3 is 15.7 Å². The van der Waals surface area contributed by atoms with Gasteiger partial charge in [0.15, 0.2) is 0 Å². The molecule has 3 N–H and O–H groups in total. The van der Waals surface area contributed by atoms with Gasteiger partial charge in [-0.1, -0.05) is 0 Å². The Morgan fingerprint density at radius 1 is 1.62 bits per heavy atom. The molecule has 0 radical (unpaired) electrons. The molecule has 2 rings (SSSR count). The summed E-state index contributed by atoms with van der Waals surface area (Å²) in [6.07, 6.45) is 0.667. The van der Waals surface area contributed by atoms with Crippen molar-refractivity contribution in [2.75, 3.05) is 13.1 Å². The van der Waals surface area contributed by atoms with Crippen molar-refractivity contribution >= 4 is 11.9 Å². The van der Waals surface area contributed by atoms with E-state index >= 15 is 0 Å². The lowest BCUT2D eigenvalue weighted by molar-refractivity contribution is -0.151. The number of carboxylic acids is 1. The summed E-state index contributed by atoms with van der Waals surface area (Å²) < 4.78 is 0. The second-order valence-corrected chi connectivity index (χ2v) is 3.71. The summed E-state index contributed by atoms with van der Waals surface area (Å²) >= 11 is 0. The Kier molecular flexibility index (Phi) is 1.76. The molecule has 2 heterocycles. The second kappa shape index (κ2) is 2.70. The fourth-order valence-electron chi connectivity index (χ4n) is 2.19. The number of carbonyl (C=O) groups excluding carboxylic acids is 1. The highest BCUT2D eigenvalue weighted by Crippen LogP contribution is 2.37. The van der Waals surface area contributed by atoms with Crippen LogP contribution in [0.3, 0.4) is 0 Å². The lowest BCUT2D eigenvalue weighted by atomic mass is 9.75. The monoisotopic (exact) mass is 184 g/mol. The molecule has 0 spiro atoms. The molecule has 2 aliphatic rings. The van der Waals surface area contributed by atoms with Crippen LogP contribution in [0.1, 0.15) is 12.8 Å². The van der Waals surface area contributed by atoms with Crippen molar-refractivity contribution in [3.05, 3.63) is 0 Å². The van der Waals surface area contributed by atoms with E-state index in [2.05, 4.69) is 10.6 Å². The number of fused-ring (bicyclic) bond motifs is 1. The summed E-state index contributed by atoms with van der Waals surface area (Å²) in [5, 5.41) is 14.9. The molecular weight excluding hydrogens is 172 g/mol. The van der Waals surface area contributed by atoms with Crippen LogP contribution in [0.25, 0.3) is 0 Å². The zero-order valence-corrected chi connectivity index (χ0v) is 7.17. The number of piperidine rings is 1. The van der Waals surface area contributed by atoms with Gasteiger partial charge in [-0.15, -0.1) is 0 Å². The maximum atomic E-state index is 11.1. The Morgan fingerprint density at radius 2 is 2.38 bits per heavy atom. The summed E-state index contributed by atoms with van der Waals surface area (Å²) in [7, 11) is 0. The second-order valence-electron chi connectivity index (χ2n) is 3.71. The summed E-state index contributed by atoms with van der Waals surface area (Å²) in [5.74, 6) is -0.992. The van der Waals surface area contributed by atoms with Crippen LogP contribution in [0.15, 0.2) is 0 Å². The molecule has 0 aliphatic carbocycles. The van der Waals surface area contributed by atoms with Gasteiger partial charge in [0.1, 0.15) is 0 Å². The van der Waals surface area contributed by atoms with E-state index in [1.165, 1.54) is 0 Å².